The highest BCUT2D eigenvalue weighted by Crippen LogP contribution is 2.27. The van der Waals surface area contributed by atoms with E-state index in [0.717, 1.165) is 4.90 Å². The van der Waals surface area contributed by atoms with Crippen LogP contribution in [0, 0.1) is 0 Å². The average molecular weight is 332 g/mol. The lowest BCUT2D eigenvalue weighted by molar-refractivity contribution is -0.228. The number of piperidine rings is 1. The van der Waals surface area contributed by atoms with Crippen molar-refractivity contribution in [2.75, 3.05) is 33.9 Å². The number of carbonyl (C=O) groups is 3. The van der Waals surface area contributed by atoms with Crippen LogP contribution >= 0.6 is 0 Å². The molecule has 0 spiro atoms. The maximum Gasteiger partial charge on any atom is 0.262 e. The minimum Gasteiger partial charge on any atom is -0.353 e. The van der Waals surface area contributed by atoms with Crippen molar-refractivity contribution in [2.24, 2.45) is 0 Å². The summed E-state index contributed by atoms with van der Waals surface area (Å²) < 4.78 is 10.8. The summed E-state index contributed by atoms with van der Waals surface area (Å²) >= 11 is 0. The molecule has 1 aromatic carbocycles. The van der Waals surface area contributed by atoms with E-state index in [-0.39, 0.29) is 12.5 Å². The molecule has 7 heteroatoms. The minimum atomic E-state index is -0.660. The molecule has 0 N–H and O–H groups in total. The van der Waals surface area contributed by atoms with Gasteiger partial charge in [-0.3, -0.25) is 19.3 Å². The van der Waals surface area contributed by atoms with Gasteiger partial charge in [-0.15, -0.1) is 0 Å². The molecule has 2 aliphatic rings. The summed E-state index contributed by atoms with van der Waals surface area (Å²) in [6, 6.07) is 6.61. The second-order valence-electron chi connectivity index (χ2n) is 5.94. The van der Waals surface area contributed by atoms with Crippen molar-refractivity contribution < 1.29 is 23.9 Å². The van der Waals surface area contributed by atoms with Crippen molar-refractivity contribution in [1.82, 2.24) is 9.80 Å². The van der Waals surface area contributed by atoms with E-state index in [9.17, 15) is 14.4 Å². The Morgan fingerprint density at radius 3 is 2.00 bits per heavy atom. The fraction of sp³-hybridized carbons (Fsp3) is 0.471. The molecule has 0 saturated carbocycles. The first-order chi connectivity index (χ1) is 11.5. The Kier molecular flexibility index (Phi) is 4.38. The predicted molar refractivity (Wildman–Crippen MR) is 84.4 cm³/mol. The zero-order valence-corrected chi connectivity index (χ0v) is 13.8. The lowest BCUT2D eigenvalue weighted by Gasteiger charge is -2.39. The Hall–Kier alpha value is -2.25. The van der Waals surface area contributed by atoms with Crippen molar-refractivity contribution in [3.8, 4) is 0 Å². The van der Waals surface area contributed by atoms with E-state index in [1.807, 2.05) is 0 Å². The summed E-state index contributed by atoms with van der Waals surface area (Å²) in [5, 5.41) is 0. The van der Waals surface area contributed by atoms with E-state index in [1.54, 1.807) is 43.4 Å². The molecule has 7 nitrogen and oxygen atoms in total. The predicted octanol–water partition coefficient (Wildman–Crippen LogP) is 0.894. The van der Waals surface area contributed by atoms with Crippen molar-refractivity contribution in [1.29, 1.82) is 0 Å². The molecule has 2 heterocycles. The monoisotopic (exact) mass is 332 g/mol. The number of benzene rings is 1. The molecule has 128 valence electrons. The van der Waals surface area contributed by atoms with Crippen LogP contribution < -0.4 is 0 Å². The van der Waals surface area contributed by atoms with Crippen LogP contribution in [0.1, 0.15) is 33.6 Å². The van der Waals surface area contributed by atoms with Crippen molar-refractivity contribution in [3.63, 3.8) is 0 Å². The SMILES string of the molecule is COC1(OC)CCN(C(=O)CN2C(=O)c3ccccc3C2=O)CC1. The zero-order valence-electron chi connectivity index (χ0n) is 13.8. The van der Waals surface area contributed by atoms with Gasteiger partial charge in [-0.25, -0.2) is 0 Å². The van der Waals surface area contributed by atoms with Gasteiger partial charge >= 0.3 is 0 Å². The van der Waals surface area contributed by atoms with Crippen LogP contribution in [-0.4, -0.2) is 67.2 Å². The Morgan fingerprint density at radius 2 is 1.54 bits per heavy atom. The van der Waals surface area contributed by atoms with Crippen LogP contribution in [0.2, 0.25) is 0 Å². The van der Waals surface area contributed by atoms with Crippen LogP contribution in [0.3, 0.4) is 0 Å². The van der Waals surface area contributed by atoms with E-state index in [4.69, 9.17) is 9.47 Å². The topological polar surface area (TPSA) is 76.2 Å². The molecule has 1 fully saturated rings. The first kappa shape index (κ1) is 16.6. The molecule has 0 bridgehead atoms. The highest BCUT2D eigenvalue weighted by atomic mass is 16.7. The van der Waals surface area contributed by atoms with Crippen molar-refractivity contribution in [2.45, 2.75) is 18.6 Å². The first-order valence-electron chi connectivity index (χ1n) is 7.84. The van der Waals surface area contributed by atoms with Gasteiger partial charge in [-0.1, -0.05) is 12.1 Å². The maximum absolute atomic E-state index is 12.5. The van der Waals surface area contributed by atoms with E-state index in [1.165, 1.54) is 0 Å². The van der Waals surface area contributed by atoms with E-state index >= 15 is 0 Å². The number of hydrogen-bond acceptors (Lipinski definition) is 5. The number of hydrogen-bond donors (Lipinski definition) is 0. The molecule has 3 rings (SSSR count). The quantitative estimate of drug-likeness (QED) is 0.605. The number of imide groups is 1. The molecule has 24 heavy (non-hydrogen) atoms. The number of fused-ring (bicyclic) bond motifs is 1. The molecular weight excluding hydrogens is 312 g/mol. The van der Waals surface area contributed by atoms with Crippen LogP contribution in [0.5, 0.6) is 0 Å². The lowest BCUT2D eigenvalue weighted by atomic mass is 10.0. The van der Waals surface area contributed by atoms with Gasteiger partial charge in [-0.2, -0.15) is 0 Å². The van der Waals surface area contributed by atoms with Gasteiger partial charge in [0.2, 0.25) is 5.91 Å². The van der Waals surface area contributed by atoms with Crippen LogP contribution in [0.4, 0.5) is 0 Å². The summed E-state index contributed by atoms with van der Waals surface area (Å²) in [6.45, 7) is 0.687. The van der Waals surface area contributed by atoms with Crippen LogP contribution in [-0.2, 0) is 14.3 Å². The standard InChI is InChI=1S/C17H20N2O5/c1-23-17(24-2)7-9-18(10-8-17)14(20)11-19-15(21)12-5-3-4-6-13(12)16(19)22/h3-6H,7-11H2,1-2H3. The Balaban J connectivity index is 1.65. The second-order valence-corrected chi connectivity index (χ2v) is 5.94. The Labute approximate surface area is 140 Å². The van der Waals surface area contributed by atoms with Gasteiger partial charge in [0, 0.05) is 40.2 Å². The summed E-state index contributed by atoms with van der Waals surface area (Å²) in [7, 11) is 3.17. The lowest BCUT2D eigenvalue weighted by Crippen LogP contribution is -2.51. The maximum atomic E-state index is 12.5. The number of methoxy groups -OCH3 is 2. The molecule has 0 aromatic heterocycles. The fourth-order valence-electron chi connectivity index (χ4n) is 3.21. The first-order valence-corrected chi connectivity index (χ1v) is 7.84. The highest BCUT2D eigenvalue weighted by molar-refractivity contribution is 6.22. The average Bonchev–Trinajstić information content (AvgIpc) is 2.87. The molecule has 2 aliphatic heterocycles. The third-order valence-corrected chi connectivity index (χ3v) is 4.79. The van der Waals surface area contributed by atoms with E-state index in [2.05, 4.69) is 0 Å². The molecular formula is C17H20N2O5. The summed E-state index contributed by atoms with van der Waals surface area (Å²) in [5.41, 5.74) is 0.707. The number of nitrogens with zero attached hydrogens (tertiary/aromatic N) is 2. The third-order valence-electron chi connectivity index (χ3n) is 4.79. The molecule has 3 amide bonds. The minimum absolute atomic E-state index is 0.237. The summed E-state index contributed by atoms with van der Waals surface area (Å²) in [6.07, 6.45) is 1.10. The normalized spacial score (nSPS) is 19.6. The number of likely N-dealkylation sites (tertiary alicyclic amines) is 1. The van der Waals surface area contributed by atoms with E-state index in [0.29, 0.717) is 37.1 Å². The summed E-state index contributed by atoms with van der Waals surface area (Å²) in [5.74, 6) is -1.73. The second kappa shape index (κ2) is 6.33. The number of carbonyl (C=O) groups excluding carboxylic acids is 3. The van der Waals surface area contributed by atoms with Gasteiger partial charge in [0.1, 0.15) is 6.54 Å². The number of amides is 3. The van der Waals surface area contributed by atoms with Crippen LogP contribution in [0.15, 0.2) is 24.3 Å². The Morgan fingerprint density at radius 1 is 1.04 bits per heavy atom. The van der Waals surface area contributed by atoms with Crippen molar-refractivity contribution >= 4 is 17.7 Å². The number of ether oxygens (including phenoxy) is 2. The third kappa shape index (κ3) is 2.70. The molecule has 0 unspecified atom stereocenters. The van der Waals surface area contributed by atoms with Crippen molar-refractivity contribution in [3.05, 3.63) is 35.4 Å². The zero-order chi connectivity index (χ0) is 17.3. The van der Waals surface area contributed by atoms with Crippen LogP contribution in [0.25, 0.3) is 0 Å². The smallest absolute Gasteiger partial charge is 0.262 e. The molecule has 1 aromatic rings. The largest absolute Gasteiger partial charge is 0.353 e. The van der Waals surface area contributed by atoms with Gasteiger partial charge in [0.15, 0.2) is 5.79 Å². The van der Waals surface area contributed by atoms with E-state index < -0.39 is 17.6 Å². The van der Waals surface area contributed by atoms with Gasteiger partial charge < -0.3 is 14.4 Å². The number of rotatable bonds is 4. The van der Waals surface area contributed by atoms with Gasteiger partial charge in [0.05, 0.1) is 11.1 Å². The highest BCUT2D eigenvalue weighted by Gasteiger charge is 2.39. The molecule has 0 radical (unpaired) electrons. The fourth-order valence-corrected chi connectivity index (χ4v) is 3.21. The molecule has 0 aliphatic carbocycles. The summed E-state index contributed by atoms with van der Waals surface area (Å²) in [4.78, 5) is 39.8. The molecule has 1 saturated heterocycles. The van der Waals surface area contributed by atoms with Gasteiger partial charge in [0.25, 0.3) is 11.8 Å². The van der Waals surface area contributed by atoms with Gasteiger partial charge in [-0.05, 0) is 12.1 Å². The molecule has 0 atom stereocenters. The Bertz CT molecular complexity index is 638.